The highest BCUT2D eigenvalue weighted by molar-refractivity contribution is 8.13. The van der Waals surface area contributed by atoms with Gasteiger partial charge in [-0.1, -0.05) is 26.2 Å². The number of nitrogens with one attached hydrogen (secondary N) is 1. The standard InChI is InChI=1S/C12H18ClNO3S2/c1-3-4-5-6-7-14-12(15)10-8-11(9(2)18-10)19(13,16)17/h8H,3-7H2,1-2H3,(H,14,15). The van der Waals surface area contributed by atoms with Gasteiger partial charge in [-0.05, 0) is 19.4 Å². The Labute approximate surface area is 122 Å². The van der Waals surface area contributed by atoms with Gasteiger partial charge in [0.1, 0.15) is 0 Å². The minimum absolute atomic E-state index is 0.0234. The van der Waals surface area contributed by atoms with Gasteiger partial charge in [-0.2, -0.15) is 0 Å². The van der Waals surface area contributed by atoms with Gasteiger partial charge in [0.2, 0.25) is 0 Å². The zero-order valence-electron chi connectivity index (χ0n) is 11.0. The predicted octanol–water partition coefficient (Wildman–Crippen LogP) is 3.29. The monoisotopic (exact) mass is 323 g/mol. The van der Waals surface area contributed by atoms with Crippen molar-refractivity contribution in [1.82, 2.24) is 5.32 Å². The smallest absolute Gasteiger partial charge is 0.262 e. The average Bonchev–Trinajstić information content (AvgIpc) is 2.70. The third-order valence-electron chi connectivity index (χ3n) is 2.67. The zero-order valence-corrected chi connectivity index (χ0v) is 13.4. The molecule has 0 spiro atoms. The molecule has 0 saturated heterocycles. The van der Waals surface area contributed by atoms with Crippen molar-refractivity contribution >= 4 is 37.0 Å². The van der Waals surface area contributed by atoms with Crippen LogP contribution in [0.1, 0.15) is 47.2 Å². The van der Waals surface area contributed by atoms with Crippen molar-refractivity contribution in [3.05, 3.63) is 15.8 Å². The minimum Gasteiger partial charge on any atom is -0.351 e. The van der Waals surface area contributed by atoms with E-state index in [-0.39, 0.29) is 10.8 Å². The molecule has 1 aromatic rings. The van der Waals surface area contributed by atoms with Crippen molar-refractivity contribution in [2.24, 2.45) is 0 Å². The van der Waals surface area contributed by atoms with Crippen molar-refractivity contribution in [3.63, 3.8) is 0 Å². The van der Waals surface area contributed by atoms with E-state index in [4.69, 9.17) is 10.7 Å². The Morgan fingerprint density at radius 1 is 1.37 bits per heavy atom. The van der Waals surface area contributed by atoms with Crippen molar-refractivity contribution in [2.45, 2.75) is 44.4 Å². The van der Waals surface area contributed by atoms with Gasteiger partial charge in [-0.3, -0.25) is 4.79 Å². The fourth-order valence-electron chi connectivity index (χ4n) is 1.66. The molecule has 0 aliphatic heterocycles. The second-order valence-electron chi connectivity index (χ2n) is 4.29. The largest absolute Gasteiger partial charge is 0.351 e. The molecule has 0 aliphatic rings. The SMILES string of the molecule is CCCCCCNC(=O)c1cc(S(=O)(=O)Cl)c(C)s1. The van der Waals surface area contributed by atoms with Gasteiger partial charge >= 0.3 is 0 Å². The molecule has 0 atom stereocenters. The number of carbonyl (C=O) groups is 1. The summed E-state index contributed by atoms with van der Waals surface area (Å²) in [6.45, 7) is 4.37. The number of carbonyl (C=O) groups excluding carboxylic acids is 1. The lowest BCUT2D eigenvalue weighted by atomic mass is 10.2. The molecule has 4 nitrogen and oxygen atoms in total. The summed E-state index contributed by atoms with van der Waals surface area (Å²) in [5.41, 5.74) is 0. The second kappa shape index (κ2) is 7.26. The molecule has 0 unspecified atom stereocenters. The van der Waals surface area contributed by atoms with E-state index in [9.17, 15) is 13.2 Å². The second-order valence-corrected chi connectivity index (χ2v) is 8.08. The van der Waals surface area contributed by atoms with Crippen LogP contribution in [0.15, 0.2) is 11.0 Å². The summed E-state index contributed by atoms with van der Waals surface area (Å²) in [5.74, 6) is -0.240. The van der Waals surface area contributed by atoms with E-state index in [1.54, 1.807) is 6.92 Å². The van der Waals surface area contributed by atoms with E-state index in [1.807, 2.05) is 0 Å². The Hall–Kier alpha value is -0.590. The zero-order chi connectivity index (χ0) is 14.5. The van der Waals surface area contributed by atoms with Crippen molar-refractivity contribution in [2.75, 3.05) is 6.54 Å². The first kappa shape index (κ1) is 16.5. The van der Waals surface area contributed by atoms with Gasteiger partial charge in [0.05, 0.1) is 9.77 Å². The molecular formula is C12H18ClNO3S2. The van der Waals surface area contributed by atoms with Gasteiger partial charge in [0, 0.05) is 22.1 Å². The highest BCUT2D eigenvalue weighted by atomic mass is 35.7. The molecule has 7 heteroatoms. The summed E-state index contributed by atoms with van der Waals surface area (Å²) < 4.78 is 22.5. The van der Waals surface area contributed by atoms with Gasteiger partial charge < -0.3 is 5.32 Å². The number of rotatable bonds is 7. The third-order valence-corrected chi connectivity index (χ3v) is 5.30. The maximum absolute atomic E-state index is 11.8. The van der Waals surface area contributed by atoms with Crippen LogP contribution in [0.2, 0.25) is 0 Å². The van der Waals surface area contributed by atoms with E-state index >= 15 is 0 Å². The molecule has 19 heavy (non-hydrogen) atoms. The van der Waals surface area contributed by atoms with Crippen LogP contribution in [-0.2, 0) is 9.05 Å². The van der Waals surface area contributed by atoms with Crippen LogP contribution in [0.5, 0.6) is 0 Å². The number of hydrogen-bond donors (Lipinski definition) is 1. The summed E-state index contributed by atoms with van der Waals surface area (Å²) in [7, 11) is 1.51. The summed E-state index contributed by atoms with van der Waals surface area (Å²) in [6.07, 6.45) is 4.32. The normalized spacial score (nSPS) is 11.5. The van der Waals surface area contributed by atoms with Crippen LogP contribution in [0.3, 0.4) is 0 Å². The molecule has 0 radical (unpaired) electrons. The van der Waals surface area contributed by atoms with Gasteiger partial charge in [0.25, 0.3) is 15.0 Å². The average molecular weight is 324 g/mol. The van der Waals surface area contributed by atoms with Crippen molar-refractivity contribution in [3.8, 4) is 0 Å². The number of thiophene rings is 1. The molecule has 0 aromatic carbocycles. The Kier molecular flexibility index (Phi) is 6.29. The molecule has 1 N–H and O–H groups in total. The van der Waals surface area contributed by atoms with E-state index in [2.05, 4.69) is 12.2 Å². The number of hydrogen-bond acceptors (Lipinski definition) is 4. The topological polar surface area (TPSA) is 63.2 Å². The van der Waals surface area contributed by atoms with E-state index in [0.29, 0.717) is 16.3 Å². The first-order valence-electron chi connectivity index (χ1n) is 6.19. The summed E-state index contributed by atoms with van der Waals surface area (Å²) in [6, 6.07) is 1.34. The maximum Gasteiger partial charge on any atom is 0.262 e. The van der Waals surface area contributed by atoms with Crippen LogP contribution in [-0.4, -0.2) is 20.9 Å². The quantitative estimate of drug-likeness (QED) is 0.618. The fourth-order valence-corrected chi connectivity index (χ4v) is 4.24. The number of unbranched alkanes of at least 4 members (excludes halogenated alkanes) is 3. The van der Waals surface area contributed by atoms with Crippen LogP contribution in [0, 0.1) is 6.92 Å². The van der Waals surface area contributed by atoms with Crippen LogP contribution in [0.25, 0.3) is 0 Å². The summed E-state index contributed by atoms with van der Waals surface area (Å²) in [5, 5.41) is 2.78. The molecule has 1 amide bonds. The van der Waals surface area contributed by atoms with Crippen LogP contribution >= 0.6 is 22.0 Å². The molecule has 0 saturated carbocycles. The molecule has 0 aliphatic carbocycles. The highest BCUT2D eigenvalue weighted by Gasteiger charge is 2.19. The molecular weight excluding hydrogens is 306 g/mol. The predicted molar refractivity (Wildman–Crippen MR) is 78.6 cm³/mol. The molecule has 1 rings (SSSR count). The van der Waals surface area contributed by atoms with E-state index in [1.165, 1.54) is 6.07 Å². The summed E-state index contributed by atoms with van der Waals surface area (Å²) in [4.78, 5) is 12.8. The number of amides is 1. The molecule has 0 fully saturated rings. The van der Waals surface area contributed by atoms with Crippen LogP contribution in [0.4, 0.5) is 0 Å². The van der Waals surface area contributed by atoms with Gasteiger partial charge in [-0.15, -0.1) is 11.3 Å². The van der Waals surface area contributed by atoms with Crippen LogP contribution < -0.4 is 5.32 Å². The summed E-state index contributed by atoms with van der Waals surface area (Å²) >= 11 is 1.14. The van der Waals surface area contributed by atoms with E-state index < -0.39 is 9.05 Å². The third kappa shape index (κ3) is 5.12. The lowest BCUT2D eigenvalue weighted by Gasteiger charge is -2.02. The van der Waals surface area contributed by atoms with Crippen molar-refractivity contribution in [1.29, 1.82) is 0 Å². The molecule has 108 valence electrons. The Balaban J connectivity index is 2.59. The number of halogens is 1. The number of aryl methyl sites for hydroxylation is 1. The van der Waals surface area contributed by atoms with Crippen molar-refractivity contribution < 1.29 is 13.2 Å². The first-order chi connectivity index (χ1) is 8.86. The Bertz CT molecular complexity index is 537. The Morgan fingerprint density at radius 2 is 2.05 bits per heavy atom. The molecule has 0 bridgehead atoms. The lowest BCUT2D eigenvalue weighted by Crippen LogP contribution is -2.23. The van der Waals surface area contributed by atoms with Gasteiger partial charge in [0.15, 0.2) is 0 Å². The highest BCUT2D eigenvalue weighted by Crippen LogP contribution is 2.28. The maximum atomic E-state index is 11.8. The first-order valence-corrected chi connectivity index (χ1v) is 9.32. The van der Waals surface area contributed by atoms with E-state index in [0.717, 1.165) is 37.0 Å². The van der Waals surface area contributed by atoms with Gasteiger partial charge in [-0.25, -0.2) is 8.42 Å². The fraction of sp³-hybridized carbons (Fsp3) is 0.583. The lowest BCUT2D eigenvalue weighted by molar-refractivity contribution is 0.0957. The Morgan fingerprint density at radius 3 is 2.58 bits per heavy atom. The molecule has 1 aromatic heterocycles. The molecule has 1 heterocycles. The minimum atomic E-state index is -3.78.